The van der Waals surface area contributed by atoms with Crippen LogP contribution < -0.4 is 5.56 Å². The Balaban J connectivity index is 1.75. The van der Waals surface area contributed by atoms with Gasteiger partial charge in [-0.2, -0.15) is 0 Å². The van der Waals surface area contributed by atoms with E-state index in [2.05, 4.69) is 51.8 Å². The molecule has 2 aliphatic rings. The van der Waals surface area contributed by atoms with Gasteiger partial charge in [-0.25, -0.2) is 4.98 Å². The van der Waals surface area contributed by atoms with Crippen molar-refractivity contribution in [2.45, 2.75) is 37.5 Å². The average Bonchev–Trinajstić information content (AvgIpc) is 3.34. The molecular weight excluding hydrogens is 363 g/mol. The van der Waals surface area contributed by atoms with Crippen molar-refractivity contribution in [1.29, 1.82) is 0 Å². The molecule has 1 aromatic heterocycles. The summed E-state index contributed by atoms with van der Waals surface area (Å²) in [6.07, 6.45) is 4.94. The van der Waals surface area contributed by atoms with Gasteiger partial charge in [-0.05, 0) is 59.8 Å². The fraction of sp³-hybridized carbons (Fsp3) is 0.375. The van der Waals surface area contributed by atoms with Crippen LogP contribution in [-0.2, 0) is 0 Å². The Kier molecular flexibility index (Phi) is 2.94. The van der Waals surface area contributed by atoms with Crippen molar-refractivity contribution in [3.8, 4) is 11.4 Å². The van der Waals surface area contributed by atoms with Gasteiger partial charge in [-0.15, -0.1) is 0 Å². The van der Waals surface area contributed by atoms with E-state index in [-0.39, 0.29) is 5.56 Å². The Labute approximate surface area is 131 Å². The van der Waals surface area contributed by atoms with Gasteiger partial charge in [-0.1, -0.05) is 24.3 Å². The van der Waals surface area contributed by atoms with Gasteiger partial charge in [0.2, 0.25) is 0 Å². The van der Waals surface area contributed by atoms with Gasteiger partial charge >= 0.3 is 0 Å². The highest BCUT2D eigenvalue weighted by Crippen LogP contribution is 2.41. The van der Waals surface area contributed by atoms with E-state index in [1.807, 2.05) is 0 Å². The zero-order chi connectivity index (χ0) is 13.7. The minimum Gasteiger partial charge on any atom is -0.306 e. The van der Waals surface area contributed by atoms with Crippen molar-refractivity contribution >= 4 is 22.6 Å². The number of rotatable bonds is 3. The zero-order valence-corrected chi connectivity index (χ0v) is 13.2. The number of halogens is 1. The molecule has 2 saturated carbocycles. The quantitative estimate of drug-likeness (QED) is 0.826. The van der Waals surface area contributed by atoms with E-state index in [0.717, 1.165) is 33.6 Å². The molecule has 4 heteroatoms. The first kappa shape index (κ1) is 12.6. The van der Waals surface area contributed by atoms with Gasteiger partial charge < -0.3 is 4.98 Å². The largest absolute Gasteiger partial charge is 0.306 e. The fourth-order valence-electron chi connectivity index (χ4n) is 2.57. The summed E-state index contributed by atoms with van der Waals surface area (Å²) in [6.45, 7) is 0. The highest BCUT2D eigenvalue weighted by molar-refractivity contribution is 14.1. The Morgan fingerprint density at radius 1 is 1.05 bits per heavy atom. The number of nitrogens with one attached hydrogen (secondary N) is 1. The summed E-state index contributed by atoms with van der Waals surface area (Å²) in [5, 5.41) is 0. The van der Waals surface area contributed by atoms with E-state index in [1.54, 1.807) is 0 Å². The molecule has 3 nitrogen and oxygen atoms in total. The fourth-order valence-corrected chi connectivity index (χ4v) is 3.27. The normalized spacial score (nSPS) is 18.2. The molecule has 0 aliphatic heterocycles. The van der Waals surface area contributed by atoms with Crippen molar-refractivity contribution in [1.82, 2.24) is 9.97 Å². The molecule has 102 valence electrons. The van der Waals surface area contributed by atoms with Crippen LogP contribution >= 0.6 is 22.6 Å². The molecule has 0 unspecified atom stereocenters. The summed E-state index contributed by atoms with van der Waals surface area (Å²) in [7, 11) is 0. The van der Waals surface area contributed by atoms with Gasteiger partial charge in [0, 0.05) is 11.5 Å². The first-order valence-electron chi connectivity index (χ1n) is 7.12. The Morgan fingerprint density at radius 3 is 2.30 bits per heavy atom. The highest BCUT2D eigenvalue weighted by Gasteiger charge is 2.29. The molecular formula is C16H15IN2O. The van der Waals surface area contributed by atoms with Crippen LogP contribution in [0.4, 0.5) is 0 Å². The van der Waals surface area contributed by atoms with E-state index in [0.29, 0.717) is 11.7 Å². The van der Waals surface area contributed by atoms with E-state index in [9.17, 15) is 4.79 Å². The smallest absolute Gasteiger partial charge is 0.264 e. The lowest BCUT2D eigenvalue weighted by molar-refractivity contribution is 0.958. The van der Waals surface area contributed by atoms with Crippen LogP contribution in [0.25, 0.3) is 11.4 Å². The van der Waals surface area contributed by atoms with Gasteiger partial charge in [0.05, 0.1) is 9.26 Å². The third kappa shape index (κ3) is 2.30. The van der Waals surface area contributed by atoms with E-state index in [1.165, 1.54) is 18.4 Å². The summed E-state index contributed by atoms with van der Waals surface area (Å²) >= 11 is 2.11. The average molecular weight is 378 g/mol. The number of hydrogen-bond acceptors (Lipinski definition) is 2. The number of aromatic nitrogens is 2. The SMILES string of the molecule is O=c1[nH]c(-c2ccc(C3CC3)cc2)nc(C2CC2)c1I. The number of aromatic amines is 1. The minimum atomic E-state index is -0.0104. The second-order valence-corrected chi connectivity index (χ2v) is 6.86. The summed E-state index contributed by atoms with van der Waals surface area (Å²) in [4.78, 5) is 19.6. The molecule has 0 spiro atoms. The Hall–Kier alpha value is -1.17. The predicted molar refractivity (Wildman–Crippen MR) is 87.0 cm³/mol. The van der Waals surface area contributed by atoms with Crippen molar-refractivity contribution in [2.24, 2.45) is 0 Å². The molecule has 0 amide bonds. The van der Waals surface area contributed by atoms with E-state index in [4.69, 9.17) is 4.98 Å². The van der Waals surface area contributed by atoms with E-state index >= 15 is 0 Å². The van der Waals surface area contributed by atoms with Crippen molar-refractivity contribution < 1.29 is 0 Å². The molecule has 1 N–H and O–H groups in total. The van der Waals surface area contributed by atoms with Crippen molar-refractivity contribution in [2.75, 3.05) is 0 Å². The highest BCUT2D eigenvalue weighted by atomic mass is 127. The first-order valence-corrected chi connectivity index (χ1v) is 8.20. The molecule has 2 aromatic rings. The molecule has 2 aliphatic carbocycles. The van der Waals surface area contributed by atoms with Crippen LogP contribution in [0.5, 0.6) is 0 Å². The van der Waals surface area contributed by atoms with E-state index < -0.39 is 0 Å². The van der Waals surface area contributed by atoms with Crippen LogP contribution in [0, 0.1) is 3.57 Å². The Bertz CT molecular complexity index is 712. The molecule has 1 aromatic carbocycles. The molecule has 0 atom stereocenters. The van der Waals surface area contributed by atoms with Gasteiger partial charge in [0.15, 0.2) is 0 Å². The molecule has 4 rings (SSSR count). The number of H-pyrrole nitrogens is 1. The number of hydrogen-bond donors (Lipinski definition) is 1. The lowest BCUT2D eigenvalue weighted by Crippen LogP contribution is -2.15. The maximum Gasteiger partial charge on any atom is 0.264 e. The molecule has 1 heterocycles. The van der Waals surface area contributed by atoms with Crippen LogP contribution in [0.3, 0.4) is 0 Å². The summed E-state index contributed by atoms with van der Waals surface area (Å²) in [6, 6.07) is 8.49. The lowest BCUT2D eigenvalue weighted by atomic mass is 10.1. The van der Waals surface area contributed by atoms with Gasteiger partial charge in [0.25, 0.3) is 5.56 Å². The standard InChI is InChI=1S/C16H15IN2O/c17-13-14(11-5-6-11)18-15(19-16(13)20)12-7-3-10(4-8-12)9-1-2-9/h3-4,7-9,11H,1-2,5-6H2,(H,18,19,20). The maximum atomic E-state index is 12.0. The Morgan fingerprint density at radius 2 is 1.70 bits per heavy atom. The molecule has 2 fully saturated rings. The maximum absolute atomic E-state index is 12.0. The first-order chi connectivity index (χ1) is 9.72. The number of nitrogens with zero attached hydrogens (tertiary/aromatic N) is 1. The van der Waals surface area contributed by atoms with Crippen LogP contribution in [0.2, 0.25) is 0 Å². The molecule has 0 saturated heterocycles. The van der Waals surface area contributed by atoms with Crippen LogP contribution in [-0.4, -0.2) is 9.97 Å². The third-order valence-corrected chi connectivity index (χ3v) is 5.13. The summed E-state index contributed by atoms with van der Waals surface area (Å²) < 4.78 is 0.753. The zero-order valence-electron chi connectivity index (χ0n) is 11.0. The number of benzene rings is 1. The van der Waals surface area contributed by atoms with Crippen molar-refractivity contribution in [3.05, 3.63) is 49.4 Å². The second-order valence-electron chi connectivity index (χ2n) is 5.78. The van der Waals surface area contributed by atoms with Crippen molar-refractivity contribution in [3.63, 3.8) is 0 Å². The topological polar surface area (TPSA) is 45.8 Å². The van der Waals surface area contributed by atoms with Gasteiger partial charge in [0.1, 0.15) is 5.82 Å². The molecule has 0 radical (unpaired) electrons. The summed E-state index contributed by atoms with van der Waals surface area (Å²) in [5.41, 5.74) is 3.38. The van der Waals surface area contributed by atoms with Crippen LogP contribution in [0.1, 0.15) is 48.8 Å². The molecule has 0 bridgehead atoms. The predicted octanol–water partition coefficient (Wildman–Crippen LogP) is 3.80. The lowest BCUT2D eigenvalue weighted by Gasteiger charge is -2.07. The summed E-state index contributed by atoms with van der Waals surface area (Å²) in [5.74, 6) is 1.96. The monoisotopic (exact) mass is 378 g/mol. The molecule has 20 heavy (non-hydrogen) atoms. The minimum absolute atomic E-state index is 0.0104. The van der Waals surface area contributed by atoms with Crippen LogP contribution in [0.15, 0.2) is 29.1 Å². The third-order valence-electron chi connectivity index (χ3n) is 4.09. The second kappa shape index (κ2) is 4.69. The van der Waals surface area contributed by atoms with Gasteiger partial charge in [-0.3, -0.25) is 4.79 Å².